The van der Waals surface area contributed by atoms with E-state index in [-0.39, 0.29) is 0 Å². The summed E-state index contributed by atoms with van der Waals surface area (Å²) in [5.41, 5.74) is 3.35. The third kappa shape index (κ3) is 4.82. The maximum atomic E-state index is 5.47. The second-order valence-electron chi connectivity index (χ2n) is 6.68. The highest BCUT2D eigenvalue weighted by Gasteiger charge is 2.09. The minimum absolute atomic E-state index is 0.738. The Hall–Kier alpha value is -3.02. The van der Waals surface area contributed by atoms with Crippen LogP contribution in [0.25, 0.3) is 11.0 Å². The fourth-order valence-electron chi connectivity index (χ4n) is 3.25. The number of nitrogens with one attached hydrogen (secondary N) is 1. The first kappa shape index (κ1) is 19.7. The lowest BCUT2D eigenvalue weighted by Crippen LogP contribution is -2.38. The molecule has 0 radical (unpaired) electrons. The van der Waals surface area contributed by atoms with Gasteiger partial charge in [0.05, 0.1) is 24.5 Å². The Morgan fingerprint density at radius 3 is 2.79 bits per heavy atom. The van der Waals surface area contributed by atoms with Gasteiger partial charge in [0.2, 0.25) is 0 Å². The molecule has 0 aliphatic rings. The highest BCUT2D eigenvalue weighted by Crippen LogP contribution is 2.18. The van der Waals surface area contributed by atoms with E-state index in [1.807, 2.05) is 36.7 Å². The third-order valence-electron chi connectivity index (χ3n) is 4.64. The van der Waals surface area contributed by atoms with Crippen molar-refractivity contribution in [2.75, 3.05) is 27.2 Å². The molecule has 148 valence electrons. The molecule has 6 nitrogen and oxygen atoms in total. The average Bonchev–Trinajstić information content (AvgIpc) is 3.14. The van der Waals surface area contributed by atoms with Crippen molar-refractivity contribution in [2.45, 2.75) is 26.4 Å². The Morgan fingerprint density at radius 1 is 1.18 bits per heavy atom. The number of aryl methyl sites for hydroxylation is 1. The standard InChI is InChI=1S/C22H29N5O/c1-4-23-22(26(2)16-18-10-5-8-13-21(18)28-3)24-14-9-15-27-17-25-19-11-6-7-12-20(19)27/h5-8,10-13,17H,4,9,14-16H2,1-3H3,(H,23,24). The molecule has 0 atom stereocenters. The van der Waals surface area contributed by atoms with Gasteiger partial charge >= 0.3 is 0 Å². The van der Waals surface area contributed by atoms with Crippen LogP contribution >= 0.6 is 0 Å². The molecule has 0 unspecified atom stereocenters. The molecule has 0 saturated carbocycles. The summed E-state index contributed by atoms with van der Waals surface area (Å²) >= 11 is 0. The van der Waals surface area contributed by atoms with Crippen LogP contribution < -0.4 is 10.1 Å². The molecule has 0 saturated heterocycles. The number of hydrogen-bond donors (Lipinski definition) is 1. The molecule has 0 bridgehead atoms. The van der Waals surface area contributed by atoms with Gasteiger partial charge in [0.15, 0.2) is 5.96 Å². The van der Waals surface area contributed by atoms with Crippen molar-refractivity contribution in [3.63, 3.8) is 0 Å². The SMILES string of the molecule is CCNC(=NCCCn1cnc2ccccc21)N(C)Cc1ccccc1OC. The Morgan fingerprint density at radius 2 is 1.96 bits per heavy atom. The molecule has 3 rings (SSSR count). The van der Waals surface area contributed by atoms with Crippen LogP contribution in [0.2, 0.25) is 0 Å². The van der Waals surface area contributed by atoms with E-state index in [2.05, 4.69) is 51.9 Å². The molecule has 1 aromatic heterocycles. The Kier molecular flexibility index (Phi) is 6.89. The van der Waals surface area contributed by atoms with Crippen LogP contribution in [0, 0.1) is 0 Å². The molecule has 0 spiro atoms. The number of aromatic nitrogens is 2. The van der Waals surface area contributed by atoms with E-state index in [0.717, 1.165) is 55.4 Å². The van der Waals surface area contributed by atoms with Crippen molar-refractivity contribution in [1.29, 1.82) is 0 Å². The van der Waals surface area contributed by atoms with Gasteiger partial charge < -0.3 is 19.5 Å². The molecular weight excluding hydrogens is 350 g/mol. The number of hydrogen-bond acceptors (Lipinski definition) is 3. The average molecular weight is 380 g/mol. The molecule has 6 heteroatoms. The van der Waals surface area contributed by atoms with Gasteiger partial charge in [-0.25, -0.2) is 4.98 Å². The van der Waals surface area contributed by atoms with Gasteiger partial charge in [0.25, 0.3) is 0 Å². The minimum atomic E-state index is 0.738. The lowest BCUT2D eigenvalue weighted by atomic mass is 10.2. The van der Waals surface area contributed by atoms with Gasteiger partial charge in [-0.05, 0) is 31.5 Å². The van der Waals surface area contributed by atoms with E-state index in [9.17, 15) is 0 Å². The van der Waals surface area contributed by atoms with Gasteiger partial charge in [-0.15, -0.1) is 0 Å². The van der Waals surface area contributed by atoms with Gasteiger partial charge in [-0.3, -0.25) is 4.99 Å². The lowest BCUT2D eigenvalue weighted by Gasteiger charge is -2.23. The van der Waals surface area contributed by atoms with Crippen molar-refractivity contribution < 1.29 is 4.74 Å². The molecule has 2 aromatic carbocycles. The number of benzene rings is 2. The van der Waals surface area contributed by atoms with Gasteiger partial charge in [0.1, 0.15) is 5.75 Å². The van der Waals surface area contributed by atoms with Crippen molar-refractivity contribution in [3.8, 4) is 5.75 Å². The monoisotopic (exact) mass is 379 g/mol. The predicted octanol–water partition coefficient (Wildman–Crippen LogP) is 3.53. The number of ether oxygens (including phenoxy) is 1. The summed E-state index contributed by atoms with van der Waals surface area (Å²) in [5.74, 6) is 1.81. The van der Waals surface area contributed by atoms with Crippen LogP contribution in [0.3, 0.4) is 0 Å². The molecule has 1 N–H and O–H groups in total. The number of rotatable bonds is 8. The van der Waals surface area contributed by atoms with Crippen LogP contribution in [0.15, 0.2) is 59.9 Å². The smallest absolute Gasteiger partial charge is 0.193 e. The molecule has 0 fully saturated rings. The summed E-state index contributed by atoms with van der Waals surface area (Å²) in [7, 11) is 3.76. The maximum Gasteiger partial charge on any atom is 0.193 e. The molecule has 0 amide bonds. The first-order valence-electron chi connectivity index (χ1n) is 9.74. The van der Waals surface area contributed by atoms with E-state index in [1.165, 1.54) is 5.52 Å². The molecule has 28 heavy (non-hydrogen) atoms. The first-order chi connectivity index (χ1) is 13.7. The van der Waals surface area contributed by atoms with Gasteiger partial charge in [0, 0.05) is 38.8 Å². The normalized spacial score (nSPS) is 11.6. The zero-order valence-electron chi connectivity index (χ0n) is 16.9. The summed E-state index contributed by atoms with van der Waals surface area (Å²) < 4.78 is 7.66. The largest absolute Gasteiger partial charge is 0.496 e. The first-order valence-corrected chi connectivity index (χ1v) is 9.74. The fraction of sp³-hybridized carbons (Fsp3) is 0.364. The van der Waals surface area contributed by atoms with Crippen LogP contribution in [0.1, 0.15) is 18.9 Å². The molecule has 1 heterocycles. The number of imidazole rings is 1. The lowest BCUT2D eigenvalue weighted by molar-refractivity contribution is 0.396. The van der Waals surface area contributed by atoms with Crippen LogP contribution in [0.4, 0.5) is 0 Å². The number of guanidine groups is 1. The summed E-state index contributed by atoms with van der Waals surface area (Å²) in [6, 6.07) is 16.3. The quantitative estimate of drug-likeness (QED) is 0.370. The number of aliphatic imine (C=N–C) groups is 1. The van der Waals surface area contributed by atoms with Gasteiger partial charge in [-0.2, -0.15) is 0 Å². The molecule has 0 aliphatic heterocycles. The van der Waals surface area contributed by atoms with E-state index < -0.39 is 0 Å². The number of para-hydroxylation sites is 3. The van der Waals surface area contributed by atoms with Gasteiger partial charge in [-0.1, -0.05) is 30.3 Å². The number of methoxy groups -OCH3 is 1. The number of fused-ring (bicyclic) bond motifs is 1. The zero-order chi connectivity index (χ0) is 19.8. The summed E-state index contributed by atoms with van der Waals surface area (Å²) in [6.45, 7) is 5.32. The number of nitrogens with zero attached hydrogens (tertiary/aromatic N) is 4. The molecule has 0 aliphatic carbocycles. The van der Waals surface area contributed by atoms with Crippen molar-refractivity contribution in [3.05, 3.63) is 60.4 Å². The topological polar surface area (TPSA) is 54.7 Å². The molecule has 3 aromatic rings. The van der Waals surface area contributed by atoms with Crippen LogP contribution in [0.5, 0.6) is 5.75 Å². The molecular formula is C22H29N5O. The second kappa shape index (κ2) is 9.78. The highest BCUT2D eigenvalue weighted by atomic mass is 16.5. The van der Waals surface area contributed by atoms with Crippen molar-refractivity contribution in [2.24, 2.45) is 4.99 Å². The zero-order valence-corrected chi connectivity index (χ0v) is 16.9. The van der Waals surface area contributed by atoms with Crippen LogP contribution in [-0.4, -0.2) is 47.7 Å². The maximum absolute atomic E-state index is 5.47. The van der Waals surface area contributed by atoms with E-state index in [1.54, 1.807) is 7.11 Å². The van der Waals surface area contributed by atoms with Crippen molar-refractivity contribution in [1.82, 2.24) is 19.8 Å². The van der Waals surface area contributed by atoms with E-state index in [4.69, 9.17) is 9.73 Å². The van der Waals surface area contributed by atoms with Crippen molar-refractivity contribution >= 4 is 17.0 Å². The minimum Gasteiger partial charge on any atom is -0.496 e. The summed E-state index contributed by atoms with van der Waals surface area (Å²) in [5, 5.41) is 3.38. The predicted molar refractivity (Wildman–Crippen MR) is 115 cm³/mol. The van der Waals surface area contributed by atoms with E-state index >= 15 is 0 Å². The summed E-state index contributed by atoms with van der Waals surface area (Å²) in [6.07, 6.45) is 2.87. The van der Waals surface area contributed by atoms with Crippen LogP contribution in [-0.2, 0) is 13.1 Å². The highest BCUT2D eigenvalue weighted by molar-refractivity contribution is 5.79. The van der Waals surface area contributed by atoms with E-state index in [0.29, 0.717) is 0 Å². The Labute approximate surface area is 166 Å². The Balaban J connectivity index is 1.60. The summed E-state index contributed by atoms with van der Waals surface area (Å²) in [4.78, 5) is 11.4. The third-order valence-corrected chi connectivity index (χ3v) is 4.64. The Bertz CT molecular complexity index is 918. The second-order valence-corrected chi connectivity index (χ2v) is 6.68. The fourth-order valence-corrected chi connectivity index (χ4v) is 3.25.